The number of aryl methyl sites for hydroxylation is 1. The van der Waals surface area contributed by atoms with Gasteiger partial charge in [-0.2, -0.15) is 22.0 Å². The number of sulfonamides is 1. The zero-order chi connectivity index (χ0) is 29.2. The molecule has 220 valence electrons. The van der Waals surface area contributed by atoms with E-state index in [0.717, 1.165) is 5.69 Å². The number of hydrogen-bond acceptors (Lipinski definition) is 6. The number of nitrogens with zero attached hydrogens (tertiary/aromatic N) is 3. The summed E-state index contributed by atoms with van der Waals surface area (Å²) in [6, 6.07) is 12.4. The average molecular weight is 591 g/mol. The van der Waals surface area contributed by atoms with Gasteiger partial charge in [-0.1, -0.05) is 24.3 Å². The van der Waals surface area contributed by atoms with Gasteiger partial charge in [0.2, 0.25) is 10.0 Å². The van der Waals surface area contributed by atoms with E-state index in [1.54, 1.807) is 11.5 Å². The number of hydroxylamine groups is 1. The smallest absolute Gasteiger partial charge is 0.371 e. The highest BCUT2D eigenvalue weighted by Gasteiger charge is 2.57. The van der Waals surface area contributed by atoms with E-state index in [0.29, 0.717) is 31.6 Å². The molecule has 8 nitrogen and oxygen atoms in total. The molecule has 14 heteroatoms. The standard InChI is InChI=1S/C26H31F5N4O4S/c27-25(28,26(29,30)31)11-8-19-6-7-22(32-18-19)20-9-14-35(15-10-20)40(38,39)24(23(36)33-37)12-16-34(17-13-24)21-4-2-1-3-5-21/h1-7,18,20,37H,8-17H2,(H,33,36). The number of pyridine rings is 1. The molecule has 0 saturated carbocycles. The van der Waals surface area contributed by atoms with Crippen molar-refractivity contribution in [2.24, 2.45) is 0 Å². The number of nitrogens with one attached hydrogen (secondary N) is 1. The van der Waals surface area contributed by atoms with Gasteiger partial charge in [-0.15, -0.1) is 0 Å². The van der Waals surface area contributed by atoms with Crippen LogP contribution in [0.5, 0.6) is 0 Å². The number of hydrogen-bond donors (Lipinski definition) is 2. The van der Waals surface area contributed by atoms with E-state index in [4.69, 9.17) is 0 Å². The zero-order valence-electron chi connectivity index (χ0n) is 21.6. The zero-order valence-corrected chi connectivity index (χ0v) is 22.4. The van der Waals surface area contributed by atoms with Crippen molar-refractivity contribution in [2.75, 3.05) is 31.1 Å². The second kappa shape index (κ2) is 11.6. The lowest BCUT2D eigenvalue weighted by atomic mass is 9.93. The largest absolute Gasteiger partial charge is 0.453 e. The molecule has 4 rings (SSSR count). The second-order valence-electron chi connectivity index (χ2n) is 10.2. The molecular weight excluding hydrogens is 559 g/mol. The van der Waals surface area contributed by atoms with Crippen LogP contribution in [-0.2, 0) is 21.2 Å². The SMILES string of the molecule is O=C(NO)C1(S(=O)(=O)N2CCC(c3ccc(CCC(F)(F)C(F)(F)F)cn3)CC2)CCN(c2ccccc2)CC1. The maximum absolute atomic E-state index is 13.8. The van der Waals surface area contributed by atoms with Crippen molar-refractivity contribution in [1.82, 2.24) is 14.8 Å². The Hall–Kier alpha value is -2.84. The van der Waals surface area contributed by atoms with Gasteiger partial charge in [-0.05, 0) is 55.9 Å². The Morgan fingerprint density at radius 2 is 1.62 bits per heavy atom. The van der Waals surface area contributed by atoms with Gasteiger partial charge >= 0.3 is 12.1 Å². The van der Waals surface area contributed by atoms with Gasteiger partial charge in [0.05, 0.1) is 0 Å². The number of carbonyl (C=O) groups excluding carboxylic acids is 1. The Morgan fingerprint density at radius 3 is 2.15 bits per heavy atom. The van der Waals surface area contributed by atoms with Crippen molar-refractivity contribution >= 4 is 21.6 Å². The summed E-state index contributed by atoms with van der Waals surface area (Å²) >= 11 is 0. The molecule has 2 aliphatic rings. The second-order valence-corrected chi connectivity index (χ2v) is 12.5. The van der Waals surface area contributed by atoms with Crippen LogP contribution in [0, 0.1) is 0 Å². The Bertz CT molecular complexity index is 1260. The first-order valence-corrected chi connectivity index (χ1v) is 14.4. The minimum absolute atomic E-state index is 0.00699. The lowest BCUT2D eigenvalue weighted by Gasteiger charge is -2.43. The molecule has 0 aliphatic carbocycles. The van der Waals surface area contributed by atoms with Crippen LogP contribution in [0.15, 0.2) is 48.7 Å². The molecule has 40 heavy (non-hydrogen) atoms. The average Bonchev–Trinajstić information content (AvgIpc) is 2.96. The highest BCUT2D eigenvalue weighted by molar-refractivity contribution is 7.91. The molecule has 1 amide bonds. The van der Waals surface area contributed by atoms with Crippen molar-refractivity contribution in [3.63, 3.8) is 0 Å². The van der Waals surface area contributed by atoms with Gasteiger partial charge in [-0.3, -0.25) is 15.0 Å². The third-order valence-corrected chi connectivity index (χ3v) is 10.5. The van der Waals surface area contributed by atoms with E-state index in [-0.39, 0.29) is 37.4 Å². The summed E-state index contributed by atoms with van der Waals surface area (Å²) in [5.74, 6) is -5.90. The van der Waals surface area contributed by atoms with E-state index in [1.165, 1.54) is 16.6 Å². The Labute approximate surface area is 229 Å². The van der Waals surface area contributed by atoms with Crippen LogP contribution >= 0.6 is 0 Å². The van der Waals surface area contributed by atoms with Crippen molar-refractivity contribution in [1.29, 1.82) is 0 Å². The van der Waals surface area contributed by atoms with E-state index < -0.39 is 45.6 Å². The summed E-state index contributed by atoms with van der Waals surface area (Å²) in [6.45, 7) is 0.824. The molecule has 0 atom stereocenters. The van der Waals surface area contributed by atoms with Gasteiger partial charge in [0.15, 0.2) is 4.75 Å². The van der Waals surface area contributed by atoms with E-state index in [1.807, 2.05) is 35.2 Å². The molecule has 0 radical (unpaired) electrons. The summed E-state index contributed by atoms with van der Waals surface area (Å²) in [7, 11) is -4.16. The predicted molar refractivity (Wildman–Crippen MR) is 137 cm³/mol. The number of halogens is 5. The van der Waals surface area contributed by atoms with Crippen molar-refractivity contribution in [3.8, 4) is 0 Å². The van der Waals surface area contributed by atoms with Crippen LogP contribution in [0.4, 0.5) is 27.6 Å². The lowest BCUT2D eigenvalue weighted by Crippen LogP contribution is -2.62. The number of anilines is 1. The quantitative estimate of drug-likeness (QED) is 0.271. The first kappa shape index (κ1) is 30.1. The van der Waals surface area contributed by atoms with Crippen LogP contribution in [0.3, 0.4) is 0 Å². The third-order valence-electron chi connectivity index (χ3n) is 7.90. The first-order valence-electron chi connectivity index (χ1n) is 12.9. The highest BCUT2D eigenvalue weighted by Crippen LogP contribution is 2.40. The van der Waals surface area contributed by atoms with Gasteiger partial charge in [0, 0.05) is 56.1 Å². The summed E-state index contributed by atoms with van der Waals surface area (Å²) in [6.07, 6.45) is -5.46. The van der Waals surface area contributed by atoms with Crippen LogP contribution < -0.4 is 10.4 Å². The molecule has 0 unspecified atom stereocenters. The van der Waals surface area contributed by atoms with Crippen molar-refractivity contribution < 1.29 is 40.4 Å². The minimum atomic E-state index is -5.61. The Balaban J connectivity index is 1.39. The number of aromatic nitrogens is 1. The maximum atomic E-state index is 13.8. The van der Waals surface area contributed by atoms with E-state index >= 15 is 0 Å². The normalized spacial score (nSPS) is 19.4. The van der Waals surface area contributed by atoms with Gasteiger partial charge in [0.25, 0.3) is 5.91 Å². The monoisotopic (exact) mass is 590 g/mol. The molecule has 1 aromatic carbocycles. The van der Waals surface area contributed by atoms with Gasteiger partial charge < -0.3 is 4.90 Å². The maximum Gasteiger partial charge on any atom is 0.453 e. The summed E-state index contributed by atoms with van der Waals surface area (Å²) in [5, 5.41) is 9.43. The van der Waals surface area contributed by atoms with Gasteiger partial charge in [0.1, 0.15) is 0 Å². The predicted octanol–water partition coefficient (Wildman–Crippen LogP) is 4.27. The first-order chi connectivity index (χ1) is 18.8. The van der Waals surface area contributed by atoms with Crippen LogP contribution in [0.25, 0.3) is 0 Å². The van der Waals surface area contributed by atoms with Crippen LogP contribution in [-0.4, -0.2) is 71.8 Å². The summed E-state index contributed by atoms with van der Waals surface area (Å²) in [5.41, 5.74) is 3.30. The molecule has 0 spiro atoms. The molecule has 2 aliphatic heterocycles. The molecular formula is C26H31F5N4O4S. The number of benzene rings is 1. The number of amides is 1. The fourth-order valence-corrected chi connectivity index (χ4v) is 7.54. The van der Waals surface area contributed by atoms with Crippen molar-refractivity contribution in [3.05, 3.63) is 59.9 Å². The molecule has 2 aromatic rings. The fraction of sp³-hybridized carbons (Fsp3) is 0.538. The number of para-hydroxylation sites is 1. The van der Waals surface area contributed by atoms with Crippen molar-refractivity contribution in [2.45, 2.75) is 61.3 Å². The van der Waals surface area contributed by atoms with Crippen LogP contribution in [0.2, 0.25) is 0 Å². The summed E-state index contributed by atoms with van der Waals surface area (Å²) < 4.78 is 90.7. The Kier molecular flexibility index (Phi) is 8.71. The summed E-state index contributed by atoms with van der Waals surface area (Å²) in [4.78, 5) is 19.0. The molecule has 2 fully saturated rings. The van der Waals surface area contributed by atoms with E-state index in [2.05, 4.69) is 4.98 Å². The number of alkyl halides is 5. The highest BCUT2D eigenvalue weighted by atomic mass is 32.2. The third kappa shape index (κ3) is 5.93. The topological polar surface area (TPSA) is 103 Å². The van der Waals surface area contributed by atoms with E-state index in [9.17, 15) is 40.4 Å². The molecule has 0 bridgehead atoms. The molecule has 2 saturated heterocycles. The number of carbonyl (C=O) groups is 1. The Morgan fingerprint density at radius 1 is 1.00 bits per heavy atom. The number of rotatable bonds is 8. The molecule has 2 N–H and O–H groups in total. The molecule has 1 aromatic heterocycles. The minimum Gasteiger partial charge on any atom is -0.371 e. The fourth-order valence-electron chi connectivity index (χ4n) is 5.38. The molecule has 3 heterocycles. The number of piperidine rings is 2. The van der Waals surface area contributed by atoms with Crippen LogP contribution in [0.1, 0.15) is 49.3 Å². The van der Waals surface area contributed by atoms with Gasteiger partial charge in [-0.25, -0.2) is 18.2 Å². The lowest BCUT2D eigenvalue weighted by molar-refractivity contribution is -0.284.